The molecule has 0 bridgehead atoms. The molecule has 1 aliphatic heterocycles. The van der Waals surface area contributed by atoms with Gasteiger partial charge in [-0.05, 0) is 49.4 Å². The highest BCUT2D eigenvalue weighted by atomic mass is 16.2. The lowest BCUT2D eigenvalue weighted by atomic mass is 10.1. The number of rotatable bonds is 6. The highest BCUT2D eigenvalue weighted by molar-refractivity contribution is 5.77. The predicted molar refractivity (Wildman–Crippen MR) is 125 cm³/mol. The Bertz CT molecular complexity index is 1230. The number of nitrogens with zero attached hydrogens (tertiary/aromatic N) is 5. The predicted octanol–water partition coefficient (Wildman–Crippen LogP) is 3.88. The second-order valence-corrected chi connectivity index (χ2v) is 9.04. The molecule has 0 amide bonds. The van der Waals surface area contributed by atoms with Crippen LogP contribution in [-0.2, 0) is 20.1 Å². The lowest BCUT2D eigenvalue weighted by molar-refractivity contribution is 0.457. The Kier molecular flexibility index (Phi) is 5.77. The zero-order chi connectivity index (χ0) is 22.3. The topological polar surface area (TPSA) is 65.1 Å². The number of aryl methyl sites for hydroxylation is 3. The Balaban J connectivity index is 1.87. The van der Waals surface area contributed by atoms with E-state index in [2.05, 4.69) is 50.8 Å². The van der Waals surface area contributed by atoms with E-state index < -0.39 is 0 Å². The quantitative estimate of drug-likeness (QED) is 0.565. The molecule has 3 heterocycles. The first-order chi connectivity index (χ1) is 14.8. The van der Waals surface area contributed by atoms with Gasteiger partial charge < -0.3 is 9.47 Å². The van der Waals surface area contributed by atoms with Gasteiger partial charge in [-0.1, -0.05) is 39.2 Å². The number of hydrogen-bond acceptors (Lipinski definition) is 4. The van der Waals surface area contributed by atoms with Crippen LogP contribution in [0.1, 0.15) is 50.7 Å². The maximum atomic E-state index is 13.4. The molecule has 1 aromatic carbocycles. The molecule has 0 radical (unpaired) electrons. The molecule has 3 aromatic rings. The third-order valence-corrected chi connectivity index (χ3v) is 6.48. The van der Waals surface area contributed by atoms with Gasteiger partial charge in [0.25, 0.3) is 5.56 Å². The van der Waals surface area contributed by atoms with E-state index in [9.17, 15) is 9.59 Å². The van der Waals surface area contributed by atoms with Crippen LogP contribution in [-0.4, -0.2) is 25.2 Å². The van der Waals surface area contributed by atoms with Crippen molar-refractivity contribution in [1.29, 1.82) is 0 Å². The molecule has 7 heteroatoms. The molecule has 4 rings (SSSR count). The second-order valence-electron chi connectivity index (χ2n) is 9.04. The third-order valence-electron chi connectivity index (χ3n) is 6.48. The van der Waals surface area contributed by atoms with E-state index in [0.717, 1.165) is 50.4 Å². The molecule has 0 N–H and O–H groups in total. The first-order valence-electron chi connectivity index (χ1n) is 11.4. The lowest BCUT2D eigenvalue weighted by Gasteiger charge is -2.33. The Hall–Kier alpha value is -2.83. The van der Waals surface area contributed by atoms with Crippen LogP contribution in [0.15, 0.2) is 27.8 Å². The van der Waals surface area contributed by atoms with Gasteiger partial charge in [0.1, 0.15) is 0 Å². The van der Waals surface area contributed by atoms with E-state index in [4.69, 9.17) is 4.98 Å². The fraction of sp³-hybridized carbons (Fsp3) is 0.542. The number of imidazole rings is 1. The highest BCUT2D eigenvalue weighted by Gasteiger charge is 2.29. The molecule has 1 atom stereocenters. The second kappa shape index (κ2) is 8.36. The zero-order valence-electron chi connectivity index (χ0n) is 19.3. The Labute approximate surface area is 182 Å². The Morgan fingerprint density at radius 3 is 2.55 bits per heavy atom. The first-order valence-corrected chi connectivity index (χ1v) is 11.4. The van der Waals surface area contributed by atoms with Crippen molar-refractivity contribution in [1.82, 2.24) is 18.7 Å². The molecule has 0 spiro atoms. The van der Waals surface area contributed by atoms with Crippen molar-refractivity contribution >= 4 is 22.8 Å². The summed E-state index contributed by atoms with van der Waals surface area (Å²) in [6.45, 7) is 10.5. The minimum absolute atomic E-state index is 0.220. The summed E-state index contributed by atoms with van der Waals surface area (Å²) in [7, 11) is 1.72. The van der Waals surface area contributed by atoms with Crippen molar-refractivity contribution in [2.45, 2.75) is 66.5 Å². The van der Waals surface area contributed by atoms with Gasteiger partial charge in [0.15, 0.2) is 11.2 Å². The van der Waals surface area contributed by atoms with Gasteiger partial charge >= 0.3 is 5.69 Å². The number of unbranched alkanes of at least 4 members (excludes halogenated alkanes) is 3. The van der Waals surface area contributed by atoms with Crippen LogP contribution < -0.4 is 16.1 Å². The van der Waals surface area contributed by atoms with Gasteiger partial charge in [-0.25, -0.2) is 4.79 Å². The molecule has 1 unspecified atom stereocenters. The van der Waals surface area contributed by atoms with E-state index in [0.29, 0.717) is 23.6 Å². The number of hydrogen-bond donors (Lipinski definition) is 0. The Morgan fingerprint density at radius 2 is 1.84 bits per heavy atom. The standard InChI is InChI=1S/C24H33N5O2/c1-6-7-8-9-12-27-22(30)20-21(26(5)24(27)31)25-23-28(14-16(2)15-29(20)23)19-11-10-17(3)18(4)13-19/h10-11,13,16H,6-9,12,14-15H2,1-5H3. The lowest BCUT2D eigenvalue weighted by Crippen LogP contribution is -2.40. The fourth-order valence-corrected chi connectivity index (χ4v) is 4.51. The molecule has 31 heavy (non-hydrogen) atoms. The van der Waals surface area contributed by atoms with E-state index in [-0.39, 0.29) is 11.2 Å². The Morgan fingerprint density at radius 1 is 1.06 bits per heavy atom. The molecule has 0 fully saturated rings. The van der Waals surface area contributed by atoms with Crippen LogP contribution in [0.5, 0.6) is 0 Å². The minimum atomic E-state index is -0.282. The molecular formula is C24H33N5O2. The molecule has 1 aliphatic rings. The smallest absolute Gasteiger partial charge is 0.312 e. The van der Waals surface area contributed by atoms with Crippen LogP contribution in [0.4, 0.5) is 11.6 Å². The average Bonchev–Trinajstić information content (AvgIpc) is 3.12. The zero-order valence-corrected chi connectivity index (χ0v) is 19.3. The van der Waals surface area contributed by atoms with Gasteiger partial charge in [0, 0.05) is 32.4 Å². The van der Waals surface area contributed by atoms with E-state index in [1.165, 1.54) is 20.3 Å². The van der Waals surface area contributed by atoms with Crippen LogP contribution in [0, 0.1) is 19.8 Å². The molecule has 0 saturated heterocycles. The summed E-state index contributed by atoms with van der Waals surface area (Å²) in [5.41, 5.74) is 4.04. The maximum Gasteiger partial charge on any atom is 0.332 e. The fourth-order valence-electron chi connectivity index (χ4n) is 4.51. The van der Waals surface area contributed by atoms with Gasteiger partial charge in [-0.3, -0.25) is 13.9 Å². The average molecular weight is 424 g/mol. The summed E-state index contributed by atoms with van der Waals surface area (Å²) in [5, 5.41) is 0. The normalized spacial score (nSPS) is 16.2. The maximum absolute atomic E-state index is 13.4. The summed E-state index contributed by atoms with van der Waals surface area (Å²) in [6, 6.07) is 6.40. The largest absolute Gasteiger partial charge is 0.332 e. The van der Waals surface area contributed by atoms with Crippen molar-refractivity contribution < 1.29 is 0 Å². The molecule has 0 aliphatic carbocycles. The van der Waals surface area contributed by atoms with E-state index in [1.54, 1.807) is 7.05 Å². The highest BCUT2D eigenvalue weighted by Crippen LogP contribution is 2.33. The molecule has 166 valence electrons. The van der Waals surface area contributed by atoms with E-state index in [1.807, 2.05) is 4.57 Å². The summed E-state index contributed by atoms with van der Waals surface area (Å²) in [5.74, 6) is 1.09. The number of aromatic nitrogens is 4. The van der Waals surface area contributed by atoms with E-state index >= 15 is 0 Å². The molecule has 0 saturated carbocycles. The SMILES string of the molecule is CCCCCCn1c(=O)c2c(nc3n2CC(C)CN3c2ccc(C)c(C)c2)n(C)c1=O. The summed E-state index contributed by atoms with van der Waals surface area (Å²) >= 11 is 0. The van der Waals surface area contributed by atoms with Crippen molar-refractivity contribution in [2.24, 2.45) is 13.0 Å². The van der Waals surface area contributed by atoms with Gasteiger partial charge in [-0.2, -0.15) is 4.98 Å². The number of benzene rings is 1. The van der Waals surface area contributed by atoms with Crippen molar-refractivity contribution in [3.8, 4) is 0 Å². The van der Waals surface area contributed by atoms with Crippen LogP contribution in [0.2, 0.25) is 0 Å². The van der Waals surface area contributed by atoms with Crippen LogP contribution in [0.3, 0.4) is 0 Å². The molecule has 7 nitrogen and oxygen atoms in total. The minimum Gasteiger partial charge on any atom is -0.312 e. The number of fused-ring (bicyclic) bond motifs is 3. The van der Waals surface area contributed by atoms with Gasteiger partial charge in [-0.15, -0.1) is 0 Å². The van der Waals surface area contributed by atoms with Crippen molar-refractivity contribution in [2.75, 3.05) is 11.4 Å². The monoisotopic (exact) mass is 423 g/mol. The molecule has 2 aromatic heterocycles. The van der Waals surface area contributed by atoms with Crippen molar-refractivity contribution in [3.05, 3.63) is 50.2 Å². The summed E-state index contributed by atoms with van der Waals surface area (Å²) in [6.07, 6.45) is 4.09. The van der Waals surface area contributed by atoms with Crippen LogP contribution >= 0.6 is 0 Å². The number of anilines is 2. The first kappa shape index (κ1) is 21.4. The summed E-state index contributed by atoms with van der Waals surface area (Å²) in [4.78, 5) is 33.3. The summed E-state index contributed by atoms with van der Waals surface area (Å²) < 4.78 is 4.95. The third kappa shape index (κ3) is 3.70. The van der Waals surface area contributed by atoms with Crippen molar-refractivity contribution in [3.63, 3.8) is 0 Å². The molecular weight excluding hydrogens is 390 g/mol. The van der Waals surface area contributed by atoms with Crippen LogP contribution in [0.25, 0.3) is 11.2 Å². The van der Waals surface area contributed by atoms with Gasteiger partial charge in [0.05, 0.1) is 0 Å². The van der Waals surface area contributed by atoms with Gasteiger partial charge in [0.2, 0.25) is 5.95 Å².